The third-order valence-corrected chi connectivity index (χ3v) is 5.05. The molecule has 2 N–H and O–H groups in total. The quantitative estimate of drug-likeness (QED) is 0.662. The van der Waals surface area contributed by atoms with Gasteiger partial charge in [-0.3, -0.25) is 4.79 Å². The Morgan fingerprint density at radius 2 is 2.14 bits per heavy atom. The summed E-state index contributed by atoms with van der Waals surface area (Å²) in [6, 6.07) is 4.66. The molecule has 2 aliphatic rings. The predicted octanol–water partition coefficient (Wildman–Crippen LogP) is 2.94. The molecule has 1 amide bonds. The highest BCUT2D eigenvalue weighted by Gasteiger charge is 2.40. The number of esters is 1. The van der Waals surface area contributed by atoms with Crippen LogP contribution < -0.4 is 5.32 Å². The lowest BCUT2D eigenvalue weighted by atomic mass is 9.86. The molecule has 22 heavy (non-hydrogen) atoms. The van der Waals surface area contributed by atoms with Gasteiger partial charge in [0.15, 0.2) is 5.75 Å². The Morgan fingerprint density at radius 1 is 1.32 bits per heavy atom. The SMILES string of the molecule is COC(=O)c1cccc(NC(=O)CC2CC3CCC2C3)c1O. The number of hydrogen-bond donors (Lipinski definition) is 2. The molecule has 1 aromatic carbocycles. The molecule has 5 heteroatoms. The second-order valence-electron chi connectivity index (χ2n) is 6.38. The molecule has 0 heterocycles. The fraction of sp³-hybridized carbons (Fsp3) is 0.529. The Morgan fingerprint density at radius 3 is 2.77 bits per heavy atom. The first-order valence-corrected chi connectivity index (χ1v) is 7.78. The third-order valence-electron chi connectivity index (χ3n) is 5.05. The van der Waals surface area contributed by atoms with Crippen LogP contribution >= 0.6 is 0 Å². The van der Waals surface area contributed by atoms with E-state index in [0.717, 1.165) is 12.3 Å². The monoisotopic (exact) mass is 303 g/mol. The number of carbonyl (C=O) groups is 2. The molecule has 0 spiro atoms. The van der Waals surface area contributed by atoms with Gasteiger partial charge in [-0.25, -0.2) is 4.79 Å². The molecule has 3 rings (SSSR count). The van der Waals surface area contributed by atoms with E-state index in [-0.39, 0.29) is 22.9 Å². The zero-order chi connectivity index (χ0) is 15.7. The molecule has 2 aliphatic carbocycles. The van der Waals surface area contributed by atoms with Crippen LogP contribution in [0.2, 0.25) is 0 Å². The maximum Gasteiger partial charge on any atom is 0.341 e. The number of ether oxygens (including phenoxy) is 1. The van der Waals surface area contributed by atoms with Crippen molar-refractivity contribution in [1.29, 1.82) is 0 Å². The molecular weight excluding hydrogens is 282 g/mol. The van der Waals surface area contributed by atoms with Crippen molar-refractivity contribution in [3.63, 3.8) is 0 Å². The van der Waals surface area contributed by atoms with Gasteiger partial charge in [-0.2, -0.15) is 0 Å². The van der Waals surface area contributed by atoms with Gasteiger partial charge >= 0.3 is 5.97 Å². The first kappa shape index (κ1) is 14.9. The lowest BCUT2D eigenvalue weighted by Gasteiger charge is -2.21. The minimum Gasteiger partial charge on any atom is -0.505 e. The smallest absolute Gasteiger partial charge is 0.341 e. The van der Waals surface area contributed by atoms with Crippen molar-refractivity contribution in [1.82, 2.24) is 0 Å². The number of benzene rings is 1. The van der Waals surface area contributed by atoms with Crippen LogP contribution in [0.5, 0.6) is 5.75 Å². The Hall–Kier alpha value is -2.04. The second kappa shape index (κ2) is 5.99. The van der Waals surface area contributed by atoms with E-state index in [4.69, 9.17) is 0 Å². The number of nitrogens with one attached hydrogen (secondary N) is 1. The van der Waals surface area contributed by atoms with E-state index < -0.39 is 5.97 Å². The van der Waals surface area contributed by atoms with Gasteiger partial charge in [0.1, 0.15) is 5.56 Å². The van der Waals surface area contributed by atoms with Crippen molar-refractivity contribution >= 4 is 17.6 Å². The predicted molar refractivity (Wildman–Crippen MR) is 81.6 cm³/mol. The minimum absolute atomic E-state index is 0.0558. The van der Waals surface area contributed by atoms with Crippen LogP contribution in [0, 0.1) is 17.8 Å². The number of hydrogen-bond acceptors (Lipinski definition) is 4. The van der Waals surface area contributed by atoms with E-state index in [1.165, 1.54) is 32.4 Å². The number of fused-ring (bicyclic) bond motifs is 2. The van der Waals surface area contributed by atoms with Crippen molar-refractivity contribution in [3.8, 4) is 5.75 Å². The number of carbonyl (C=O) groups excluding carboxylic acids is 2. The first-order chi connectivity index (χ1) is 10.6. The van der Waals surface area contributed by atoms with Crippen LogP contribution in [0.25, 0.3) is 0 Å². The number of aromatic hydroxyl groups is 1. The van der Waals surface area contributed by atoms with E-state index in [9.17, 15) is 14.7 Å². The number of anilines is 1. The molecule has 0 radical (unpaired) electrons. The number of para-hydroxylation sites is 1. The summed E-state index contributed by atoms with van der Waals surface area (Å²) in [5.74, 6) is 0.987. The largest absolute Gasteiger partial charge is 0.505 e. The maximum atomic E-state index is 12.2. The molecule has 3 atom stereocenters. The van der Waals surface area contributed by atoms with Crippen LogP contribution in [0.1, 0.15) is 42.5 Å². The fourth-order valence-corrected chi connectivity index (χ4v) is 3.98. The van der Waals surface area contributed by atoms with Gasteiger partial charge in [0.25, 0.3) is 0 Å². The van der Waals surface area contributed by atoms with Crippen molar-refractivity contribution in [2.24, 2.45) is 17.8 Å². The van der Waals surface area contributed by atoms with Crippen molar-refractivity contribution in [3.05, 3.63) is 23.8 Å². The minimum atomic E-state index is -0.623. The summed E-state index contributed by atoms with van der Waals surface area (Å²) < 4.78 is 4.61. The highest BCUT2D eigenvalue weighted by molar-refractivity contribution is 5.98. The number of phenolic OH excluding ortho intramolecular Hbond substituents is 1. The number of methoxy groups -OCH3 is 1. The van der Waals surface area contributed by atoms with Gasteiger partial charge in [-0.1, -0.05) is 12.5 Å². The number of rotatable bonds is 4. The summed E-state index contributed by atoms with van der Waals surface area (Å²) in [5, 5.41) is 12.8. The Bertz CT molecular complexity index is 598. The van der Waals surface area contributed by atoms with E-state index in [1.54, 1.807) is 12.1 Å². The van der Waals surface area contributed by atoms with Gasteiger partial charge in [-0.15, -0.1) is 0 Å². The van der Waals surface area contributed by atoms with Crippen LogP contribution in [0.4, 0.5) is 5.69 Å². The number of amides is 1. The molecule has 2 saturated carbocycles. The van der Waals surface area contributed by atoms with Crippen LogP contribution in [0.3, 0.4) is 0 Å². The Balaban J connectivity index is 1.65. The van der Waals surface area contributed by atoms with E-state index >= 15 is 0 Å². The van der Waals surface area contributed by atoms with E-state index in [0.29, 0.717) is 18.3 Å². The van der Waals surface area contributed by atoms with Gasteiger partial charge < -0.3 is 15.2 Å². The summed E-state index contributed by atoms with van der Waals surface area (Å²) >= 11 is 0. The van der Waals surface area contributed by atoms with Crippen molar-refractivity contribution in [2.75, 3.05) is 12.4 Å². The third kappa shape index (κ3) is 2.80. The van der Waals surface area contributed by atoms with Crippen molar-refractivity contribution in [2.45, 2.75) is 32.1 Å². The summed E-state index contributed by atoms with van der Waals surface area (Å²) in [6.07, 6.45) is 5.45. The first-order valence-electron chi connectivity index (χ1n) is 7.78. The zero-order valence-electron chi connectivity index (χ0n) is 12.7. The van der Waals surface area contributed by atoms with Crippen LogP contribution in [0.15, 0.2) is 18.2 Å². The molecular formula is C17H21NO4. The summed E-state index contributed by atoms with van der Waals surface area (Å²) in [7, 11) is 1.25. The Labute approximate surface area is 129 Å². The standard InChI is InChI=1S/C17H21NO4/c1-22-17(21)13-3-2-4-14(16(13)20)18-15(19)9-12-8-10-5-6-11(12)7-10/h2-4,10-12,20H,5-9H2,1H3,(H,18,19). The molecule has 3 unspecified atom stereocenters. The molecule has 118 valence electrons. The Kier molecular flexibility index (Phi) is 4.05. The van der Waals surface area contributed by atoms with Gasteiger partial charge in [0.2, 0.25) is 5.91 Å². The average Bonchev–Trinajstić information content (AvgIpc) is 3.11. The molecule has 0 aromatic heterocycles. The molecule has 2 bridgehead atoms. The highest BCUT2D eigenvalue weighted by atomic mass is 16.5. The van der Waals surface area contributed by atoms with E-state index in [1.807, 2.05) is 0 Å². The summed E-state index contributed by atoms with van der Waals surface area (Å²) in [6.45, 7) is 0. The lowest BCUT2D eigenvalue weighted by molar-refractivity contribution is -0.117. The van der Waals surface area contributed by atoms with E-state index in [2.05, 4.69) is 10.1 Å². The zero-order valence-corrected chi connectivity index (χ0v) is 12.7. The molecule has 1 aromatic rings. The highest BCUT2D eigenvalue weighted by Crippen LogP contribution is 2.49. The fourth-order valence-electron chi connectivity index (χ4n) is 3.98. The molecule has 5 nitrogen and oxygen atoms in total. The number of phenols is 1. The summed E-state index contributed by atoms with van der Waals surface area (Å²) in [4.78, 5) is 23.8. The van der Waals surface area contributed by atoms with Gasteiger partial charge in [0.05, 0.1) is 12.8 Å². The maximum absolute atomic E-state index is 12.2. The molecule has 0 saturated heterocycles. The lowest BCUT2D eigenvalue weighted by Crippen LogP contribution is -2.20. The van der Waals surface area contributed by atoms with Crippen molar-refractivity contribution < 1.29 is 19.4 Å². The van der Waals surface area contributed by atoms with Crippen LogP contribution in [-0.2, 0) is 9.53 Å². The normalized spacial score (nSPS) is 26.0. The molecule has 0 aliphatic heterocycles. The second-order valence-corrected chi connectivity index (χ2v) is 6.38. The molecule has 2 fully saturated rings. The summed E-state index contributed by atoms with van der Waals surface area (Å²) in [5.41, 5.74) is 0.316. The van der Waals surface area contributed by atoms with Crippen LogP contribution in [-0.4, -0.2) is 24.1 Å². The topological polar surface area (TPSA) is 75.6 Å². The van der Waals surface area contributed by atoms with Gasteiger partial charge in [-0.05, 0) is 49.1 Å². The van der Waals surface area contributed by atoms with Gasteiger partial charge in [0, 0.05) is 6.42 Å². The average molecular weight is 303 g/mol.